The van der Waals surface area contributed by atoms with Gasteiger partial charge in [-0.15, -0.1) is 0 Å². The first-order valence-electron chi connectivity index (χ1n) is 4.65. The molecule has 0 unspecified atom stereocenters. The molecule has 1 rings (SSSR count). The van der Waals surface area contributed by atoms with Crippen LogP contribution in [0.15, 0.2) is 12.1 Å². The molecule has 3 nitrogen and oxygen atoms in total. The van der Waals surface area contributed by atoms with Crippen LogP contribution in [0.4, 0.5) is 0 Å². The summed E-state index contributed by atoms with van der Waals surface area (Å²) in [6, 6.07) is 3.62. The summed E-state index contributed by atoms with van der Waals surface area (Å²) in [7, 11) is 1.48. The zero-order valence-electron chi connectivity index (χ0n) is 8.71. The van der Waals surface area contributed by atoms with E-state index in [0.717, 1.165) is 12.0 Å². The molecule has 0 atom stereocenters. The first-order valence-corrected chi connectivity index (χ1v) is 5.03. The molecule has 1 aromatic rings. The zero-order chi connectivity index (χ0) is 11.4. The fourth-order valence-corrected chi connectivity index (χ4v) is 1.78. The number of aryl methyl sites for hydroxylation is 1. The minimum Gasteiger partial charge on any atom is -0.495 e. The summed E-state index contributed by atoms with van der Waals surface area (Å²) in [5.74, 6) is -0.436. The number of ether oxygens (including phenoxy) is 1. The number of benzene rings is 1. The van der Waals surface area contributed by atoms with E-state index in [1.54, 1.807) is 6.07 Å². The van der Waals surface area contributed by atoms with E-state index in [1.165, 1.54) is 7.11 Å². The minimum atomic E-state index is -0.891. The highest BCUT2D eigenvalue weighted by molar-refractivity contribution is 6.32. The Balaban J connectivity index is 3.19. The van der Waals surface area contributed by atoms with Gasteiger partial charge in [0.2, 0.25) is 0 Å². The number of hydrogen-bond donors (Lipinski definition) is 1. The molecular weight excluding hydrogens is 216 g/mol. The monoisotopic (exact) mass is 228 g/mol. The molecule has 0 radical (unpaired) electrons. The minimum absolute atomic E-state index is 0.0727. The smallest absolute Gasteiger partial charge is 0.307 e. The van der Waals surface area contributed by atoms with Gasteiger partial charge < -0.3 is 9.84 Å². The number of aliphatic carboxylic acids is 1. The number of hydrogen-bond acceptors (Lipinski definition) is 2. The van der Waals surface area contributed by atoms with E-state index in [-0.39, 0.29) is 6.42 Å². The lowest BCUT2D eigenvalue weighted by Gasteiger charge is -2.10. The van der Waals surface area contributed by atoms with Gasteiger partial charge in [-0.05, 0) is 18.1 Å². The maximum Gasteiger partial charge on any atom is 0.307 e. The van der Waals surface area contributed by atoms with Crippen molar-refractivity contribution >= 4 is 17.6 Å². The van der Waals surface area contributed by atoms with Crippen LogP contribution in [0.5, 0.6) is 5.75 Å². The Bertz CT molecular complexity index is 374. The Labute approximate surface area is 93.6 Å². The highest BCUT2D eigenvalue weighted by Gasteiger charge is 2.12. The first-order chi connectivity index (χ1) is 7.08. The van der Waals surface area contributed by atoms with Crippen LogP contribution in [0.1, 0.15) is 18.1 Å². The van der Waals surface area contributed by atoms with Crippen molar-refractivity contribution in [1.29, 1.82) is 0 Å². The average Bonchev–Trinajstić information content (AvgIpc) is 2.16. The van der Waals surface area contributed by atoms with E-state index in [1.807, 2.05) is 13.0 Å². The van der Waals surface area contributed by atoms with Crippen LogP contribution in [-0.4, -0.2) is 18.2 Å². The lowest BCUT2D eigenvalue weighted by Crippen LogP contribution is -2.03. The predicted molar refractivity (Wildman–Crippen MR) is 58.7 cm³/mol. The molecule has 0 aliphatic heterocycles. The van der Waals surface area contributed by atoms with Crippen LogP contribution in [0.3, 0.4) is 0 Å². The molecule has 15 heavy (non-hydrogen) atoms. The van der Waals surface area contributed by atoms with Crippen molar-refractivity contribution in [3.05, 3.63) is 28.3 Å². The summed E-state index contributed by atoms with van der Waals surface area (Å²) in [4.78, 5) is 10.6. The van der Waals surface area contributed by atoms with E-state index in [2.05, 4.69) is 0 Å². The van der Waals surface area contributed by atoms with Gasteiger partial charge in [-0.1, -0.05) is 24.6 Å². The number of carboxylic acid groups (broad SMARTS) is 1. The largest absolute Gasteiger partial charge is 0.495 e. The highest BCUT2D eigenvalue weighted by atomic mass is 35.5. The molecular formula is C11H13ClO3. The normalized spacial score (nSPS) is 10.1. The van der Waals surface area contributed by atoms with Crippen molar-refractivity contribution in [3.63, 3.8) is 0 Å². The molecule has 0 heterocycles. The Morgan fingerprint density at radius 3 is 2.67 bits per heavy atom. The Kier molecular flexibility index (Phi) is 3.97. The third-order valence-electron chi connectivity index (χ3n) is 2.13. The SMILES string of the molecule is CCc1cc(Cl)c(OC)c(CC(=O)O)c1. The fraction of sp³-hybridized carbons (Fsp3) is 0.364. The van der Waals surface area contributed by atoms with E-state index in [4.69, 9.17) is 21.4 Å². The molecule has 0 saturated heterocycles. The average molecular weight is 229 g/mol. The van der Waals surface area contributed by atoms with Crippen molar-refractivity contribution in [2.45, 2.75) is 19.8 Å². The van der Waals surface area contributed by atoms with Crippen LogP contribution in [0, 0.1) is 0 Å². The van der Waals surface area contributed by atoms with Gasteiger partial charge in [-0.2, -0.15) is 0 Å². The quantitative estimate of drug-likeness (QED) is 0.862. The molecule has 0 aliphatic rings. The molecule has 0 saturated carbocycles. The van der Waals surface area contributed by atoms with E-state index >= 15 is 0 Å². The molecule has 0 fully saturated rings. The van der Waals surface area contributed by atoms with Gasteiger partial charge in [-0.3, -0.25) is 4.79 Å². The Morgan fingerprint density at radius 1 is 1.53 bits per heavy atom. The Morgan fingerprint density at radius 2 is 2.20 bits per heavy atom. The van der Waals surface area contributed by atoms with Crippen LogP contribution in [0.2, 0.25) is 5.02 Å². The van der Waals surface area contributed by atoms with Gasteiger partial charge in [0.05, 0.1) is 18.6 Å². The van der Waals surface area contributed by atoms with Gasteiger partial charge in [0.1, 0.15) is 5.75 Å². The molecule has 0 aromatic heterocycles. The summed E-state index contributed by atoms with van der Waals surface area (Å²) in [6.07, 6.45) is 0.743. The number of carbonyl (C=O) groups is 1. The van der Waals surface area contributed by atoms with Gasteiger partial charge in [0, 0.05) is 5.56 Å². The lowest BCUT2D eigenvalue weighted by atomic mass is 10.1. The summed E-state index contributed by atoms with van der Waals surface area (Å²) in [5.41, 5.74) is 1.63. The van der Waals surface area contributed by atoms with Gasteiger partial charge in [-0.25, -0.2) is 0 Å². The number of rotatable bonds is 4. The van der Waals surface area contributed by atoms with Crippen molar-refractivity contribution in [2.75, 3.05) is 7.11 Å². The van der Waals surface area contributed by atoms with E-state index in [9.17, 15) is 4.79 Å². The number of methoxy groups -OCH3 is 1. The van der Waals surface area contributed by atoms with Crippen molar-refractivity contribution in [1.82, 2.24) is 0 Å². The standard InChI is InChI=1S/C11H13ClO3/c1-3-7-4-8(6-10(13)14)11(15-2)9(12)5-7/h4-5H,3,6H2,1-2H3,(H,13,14). The maximum absolute atomic E-state index is 10.6. The van der Waals surface area contributed by atoms with Gasteiger partial charge in [0.25, 0.3) is 0 Å². The Hall–Kier alpha value is -1.22. The van der Waals surface area contributed by atoms with Crippen LogP contribution in [0.25, 0.3) is 0 Å². The van der Waals surface area contributed by atoms with Crippen molar-refractivity contribution < 1.29 is 14.6 Å². The highest BCUT2D eigenvalue weighted by Crippen LogP contribution is 2.30. The molecule has 0 amide bonds. The summed E-state index contributed by atoms with van der Waals surface area (Å²) < 4.78 is 5.08. The molecule has 1 aromatic carbocycles. The van der Waals surface area contributed by atoms with E-state index in [0.29, 0.717) is 16.3 Å². The molecule has 0 bridgehead atoms. The second-order valence-corrected chi connectivity index (χ2v) is 3.60. The molecule has 1 N–H and O–H groups in total. The first kappa shape index (κ1) is 11.9. The zero-order valence-corrected chi connectivity index (χ0v) is 9.47. The summed E-state index contributed by atoms with van der Waals surface area (Å²) >= 11 is 5.98. The van der Waals surface area contributed by atoms with Gasteiger partial charge >= 0.3 is 5.97 Å². The predicted octanol–water partition coefficient (Wildman–Crippen LogP) is 2.54. The number of carboxylic acids is 1. The van der Waals surface area contributed by atoms with Crippen LogP contribution < -0.4 is 4.74 Å². The molecule has 4 heteroatoms. The maximum atomic E-state index is 10.6. The molecule has 0 spiro atoms. The topological polar surface area (TPSA) is 46.5 Å². The summed E-state index contributed by atoms with van der Waals surface area (Å²) in [5, 5.41) is 9.21. The summed E-state index contributed by atoms with van der Waals surface area (Å²) in [6.45, 7) is 1.99. The third kappa shape index (κ3) is 2.86. The van der Waals surface area contributed by atoms with Crippen molar-refractivity contribution in [3.8, 4) is 5.75 Å². The molecule has 82 valence electrons. The van der Waals surface area contributed by atoms with E-state index < -0.39 is 5.97 Å². The second-order valence-electron chi connectivity index (χ2n) is 3.19. The van der Waals surface area contributed by atoms with Gasteiger partial charge in [0.15, 0.2) is 0 Å². The van der Waals surface area contributed by atoms with Crippen molar-refractivity contribution in [2.24, 2.45) is 0 Å². The fourth-order valence-electron chi connectivity index (χ4n) is 1.44. The number of halogens is 1. The molecule has 0 aliphatic carbocycles. The van der Waals surface area contributed by atoms with Crippen LogP contribution in [-0.2, 0) is 17.6 Å². The third-order valence-corrected chi connectivity index (χ3v) is 2.42. The van der Waals surface area contributed by atoms with Crippen LogP contribution >= 0.6 is 11.6 Å². The second kappa shape index (κ2) is 5.03. The lowest BCUT2D eigenvalue weighted by molar-refractivity contribution is -0.136.